The highest BCUT2D eigenvalue weighted by Gasteiger charge is 2.28. The van der Waals surface area contributed by atoms with Gasteiger partial charge in [0.25, 0.3) is 5.56 Å². The van der Waals surface area contributed by atoms with Crippen molar-refractivity contribution in [3.05, 3.63) is 46.1 Å². The zero-order chi connectivity index (χ0) is 21.1. The maximum absolute atomic E-state index is 12.7. The molecular formula is C21H22N4O4S. The highest BCUT2D eigenvalue weighted by molar-refractivity contribution is 7.17. The number of rotatable bonds is 5. The molecule has 1 aliphatic rings. The third-order valence-corrected chi connectivity index (χ3v) is 6.19. The van der Waals surface area contributed by atoms with E-state index in [-0.39, 0.29) is 23.9 Å². The van der Waals surface area contributed by atoms with Crippen LogP contribution in [0.2, 0.25) is 0 Å². The van der Waals surface area contributed by atoms with E-state index >= 15 is 0 Å². The van der Waals surface area contributed by atoms with Crippen LogP contribution in [0.3, 0.4) is 0 Å². The van der Waals surface area contributed by atoms with E-state index in [2.05, 4.69) is 15.0 Å². The van der Waals surface area contributed by atoms with Crippen LogP contribution in [0.1, 0.15) is 12.8 Å². The number of piperidine rings is 1. The van der Waals surface area contributed by atoms with Gasteiger partial charge in [-0.2, -0.15) is 0 Å². The van der Waals surface area contributed by atoms with Crippen molar-refractivity contribution in [2.24, 2.45) is 5.92 Å². The Kier molecular flexibility index (Phi) is 5.80. The molecule has 1 aromatic carbocycles. The molecule has 8 nitrogen and oxygen atoms in total. The van der Waals surface area contributed by atoms with E-state index in [0.717, 1.165) is 17.5 Å². The zero-order valence-electron chi connectivity index (χ0n) is 16.5. The summed E-state index contributed by atoms with van der Waals surface area (Å²) in [7, 11) is 1.28. The van der Waals surface area contributed by atoms with Crippen molar-refractivity contribution in [3.8, 4) is 11.1 Å². The first kappa shape index (κ1) is 20.1. The largest absolute Gasteiger partial charge is 0.468 e. The van der Waals surface area contributed by atoms with E-state index in [4.69, 9.17) is 4.98 Å². The maximum atomic E-state index is 12.7. The molecule has 3 heterocycles. The van der Waals surface area contributed by atoms with Crippen LogP contribution in [0, 0.1) is 5.92 Å². The van der Waals surface area contributed by atoms with Crippen LogP contribution in [0.4, 0.5) is 5.95 Å². The van der Waals surface area contributed by atoms with Crippen molar-refractivity contribution in [1.82, 2.24) is 15.3 Å². The molecular weight excluding hydrogens is 404 g/mol. The number of hydrogen-bond acceptors (Lipinski definition) is 7. The Morgan fingerprint density at radius 1 is 1.33 bits per heavy atom. The number of thiophene rings is 1. The molecule has 3 aromatic rings. The number of benzene rings is 1. The minimum Gasteiger partial charge on any atom is -0.468 e. The van der Waals surface area contributed by atoms with Crippen LogP contribution in [-0.2, 0) is 14.3 Å². The molecule has 0 bridgehead atoms. The fourth-order valence-electron chi connectivity index (χ4n) is 3.65. The van der Waals surface area contributed by atoms with Crippen LogP contribution >= 0.6 is 11.3 Å². The Balaban J connectivity index is 1.59. The number of amides is 1. The Hall–Kier alpha value is -3.20. The summed E-state index contributed by atoms with van der Waals surface area (Å²) in [6, 6.07) is 9.84. The molecule has 2 N–H and O–H groups in total. The van der Waals surface area contributed by atoms with Gasteiger partial charge in [-0.25, -0.2) is 4.98 Å². The fraction of sp³-hybridized carbons (Fsp3) is 0.333. The number of ether oxygens (including phenoxy) is 1. The summed E-state index contributed by atoms with van der Waals surface area (Å²) in [6.45, 7) is 0.967. The number of nitrogens with one attached hydrogen (secondary N) is 2. The number of H-pyrrole nitrogens is 1. The van der Waals surface area contributed by atoms with Crippen molar-refractivity contribution in [3.63, 3.8) is 0 Å². The van der Waals surface area contributed by atoms with Gasteiger partial charge in [0.2, 0.25) is 11.9 Å². The third-order valence-electron chi connectivity index (χ3n) is 5.23. The van der Waals surface area contributed by atoms with Crippen molar-refractivity contribution >= 4 is 39.4 Å². The van der Waals surface area contributed by atoms with Crippen LogP contribution in [0.25, 0.3) is 21.3 Å². The van der Waals surface area contributed by atoms with E-state index in [1.165, 1.54) is 18.4 Å². The summed E-state index contributed by atoms with van der Waals surface area (Å²) in [6.07, 6.45) is 1.50. The average molecular weight is 426 g/mol. The number of methoxy groups -OCH3 is 1. The number of aromatic nitrogens is 2. The topological polar surface area (TPSA) is 104 Å². The summed E-state index contributed by atoms with van der Waals surface area (Å²) in [5.41, 5.74) is 2.42. The first-order valence-corrected chi connectivity index (χ1v) is 10.6. The van der Waals surface area contributed by atoms with E-state index in [1.54, 1.807) is 0 Å². The second kappa shape index (κ2) is 8.66. The van der Waals surface area contributed by atoms with Crippen molar-refractivity contribution in [1.29, 1.82) is 0 Å². The average Bonchev–Trinajstić information content (AvgIpc) is 3.22. The molecule has 0 unspecified atom stereocenters. The number of hydrogen-bond donors (Lipinski definition) is 2. The molecule has 1 aliphatic heterocycles. The van der Waals surface area contributed by atoms with Crippen LogP contribution in [0.15, 0.2) is 40.5 Å². The van der Waals surface area contributed by atoms with Crippen LogP contribution < -0.4 is 15.8 Å². The molecule has 2 aromatic heterocycles. The number of aromatic amines is 1. The molecule has 1 amide bonds. The molecule has 30 heavy (non-hydrogen) atoms. The predicted octanol–water partition coefficient (Wildman–Crippen LogP) is 2.16. The second-order valence-corrected chi connectivity index (χ2v) is 8.04. The quantitative estimate of drug-likeness (QED) is 0.606. The molecule has 4 rings (SSSR count). The molecule has 156 valence electrons. The van der Waals surface area contributed by atoms with Gasteiger partial charge in [0, 0.05) is 24.0 Å². The minimum absolute atomic E-state index is 0.151. The normalized spacial score (nSPS) is 16.4. The number of carbonyl (C=O) groups is 2. The highest BCUT2D eigenvalue weighted by atomic mass is 32.1. The monoisotopic (exact) mass is 426 g/mol. The summed E-state index contributed by atoms with van der Waals surface area (Å²) in [5.74, 6) is -0.513. The van der Waals surface area contributed by atoms with Gasteiger partial charge in [-0.15, -0.1) is 11.3 Å². The van der Waals surface area contributed by atoms with Crippen molar-refractivity contribution < 1.29 is 14.3 Å². The lowest BCUT2D eigenvalue weighted by atomic mass is 9.97. The van der Waals surface area contributed by atoms with Gasteiger partial charge < -0.3 is 15.0 Å². The van der Waals surface area contributed by atoms with Crippen LogP contribution in [-0.4, -0.2) is 48.6 Å². The molecule has 9 heteroatoms. The van der Waals surface area contributed by atoms with E-state index < -0.39 is 5.97 Å². The minimum atomic E-state index is -0.488. The Morgan fingerprint density at radius 2 is 2.13 bits per heavy atom. The van der Waals surface area contributed by atoms with Gasteiger partial charge >= 0.3 is 5.97 Å². The smallest absolute Gasteiger partial charge is 0.325 e. The van der Waals surface area contributed by atoms with Gasteiger partial charge in [-0.1, -0.05) is 30.3 Å². The molecule has 0 radical (unpaired) electrons. The lowest BCUT2D eigenvalue weighted by Gasteiger charge is -2.32. The fourth-order valence-corrected chi connectivity index (χ4v) is 4.56. The number of carbonyl (C=O) groups excluding carboxylic acids is 2. The molecule has 1 fully saturated rings. The van der Waals surface area contributed by atoms with Crippen LogP contribution in [0.5, 0.6) is 0 Å². The summed E-state index contributed by atoms with van der Waals surface area (Å²) < 4.78 is 5.14. The summed E-state index contributed by atoms with van der Waals surface area (Å²) in [4.78, 5) is 45.9. The van der Waals surface area contributed by atoms with Gasteiger partial charge in [0.15, 0.2) is 0 Å². The Labute approximate surface area is 176 Å². The number of esters is 1. The second-order valence-electron chi connectivity index (χ2n) is 7.16. The number of fused-ring (bicyclic) bond motifs is 1. The molecule has 1 saturated heterocycles. The van der Waals surface area contributed by atoms with Crippen molar-refractivity contribution in [2.75, 3.05) is 31.6 Å². The van der Waals surface area contributed by atoms with Gasteiger partial charge in [-0.05, 0) is 18.4 Å². The summed E-state index contributed by atoms with van der Waals surface area (Å²) >= 11 is 1.37. The first-order chi connectivity index (χ1) is 14.6. The lowest BCUT2D eigenvalue weighted by molar-refractivity contribution is -0.141. The number of nitrogens with zero attached hydrogens (tertiary/aromatic N) is 2. The SMILES string of the molecule is COC(=O)CNC(=O)[C@@H]1CCCN(c2nc3c(-c4ccccc4)csc3c(=O)[nH]2)C1. The third kappa shape index (κ3) is 4.06. The molecule has 0 aliphatic carbocycles. The van der Waals surface area contributed by atoms with Gasteiger partial charge in [0.1, 0.15) is 11.2 Å². The Bertz CT molecular complexity index is 1120. The standard InChI is InChI=1S/C21H22N4O4S/c1-29-16(26)10-22-19(27)14-8-5-9-25(11-14)21-23-17-15(13-6-3-2-4-7-13)12-30-18(17)20(28)24-21/h2-4,6-7,12,14H,5,8-11H2,1H3,(H,22,27)(H,23,24,28)/t14-/m1/s1. The van der Waals surface area contributed by atoms with E-state index in [0.29, 0.717) is 35.7 Å². The van der Waals surface area contributed by atoms with E-state index in [1.807, 2.05) is 40.6 Å². The van der Waals surface area contributed by atoms with Gasteiger partial charge in [-0.3, -0.25) is 19.4 Å². The predicted molar refractivity (Wildman–Crippen MR) is 116 cm³/mol. The molecule has 0 spiro atoms. The Morgan fingerprint density at radius 3 is 2.90 bits per heavy atom. The first-order valence-electron chi connectivity index (χ1n) is 9.73. The molecule has 0 saturated carbocycles. The lowest BCUT2D eigenvalue weighted by Crippen LogP contribution is -2.45. The van der Waals surface area contributed by atoms with E-state index in [9.17, 15) is 14.4 Å². The number of anilines is 1. The highest BCUT2D eigenvalue weighted by Crippen LogP contribution is 2.32. The van der Waals surface area contributed by atoms with Gasteiger partial charge in [0.05, 0.1) is 18.5 Å². The van der Waals surface area contributed by atoms with Crippen molar-refractivity contribution in [2.45, 2.75) is 12.8 Å². The maximum Gasteiger partial charge on any atom is 0.325 e. The summed E-state index contributed by atoms with van der Waals surface area (Å²) in [5, 5.41) is 4.56. The molecule has 1 atom stereocenters. The zero-order valence-corrected chi connectivity index (χ0v) is 17.3.